The van der Waals surface area contributed by atoms with Crippen LogP contribution in [0.3, 0.4) is 0 Å². The van der Waals surface area contributed by atoms with E-state index in [1.54, 1.807) is 6.20 Å². The molecular formula is C24H23N9O. The van der Waals surface area contributed by atoms with Crippen LogP contribution in [0.5, 0.6) is 0 Å². The molecule has 1 N–H and O–H groups in total. The maximum atomic E-state index is 5.52. The Morgan fingerprint density at radius 3 is 2.62 bits per heavy atom. The Bertz CT molecular complexity index is 1400. The number of hydrogen-bond acceptors (Lipinski definition) is 9. The van der Waals surface area contributed by atoms with Crippen molar-refractivity contribution in [1.29, 1.82) is 0 Å². The van der Waals surface area contributed by atoms with Crippen molar-refractivity contribution in [3.63, 3.8) is 0 Å². The summed E-state index contributed by atoms with van der Waals surface area (Å²) in [5.74, 6) is 1.38. The Balaban J connectivity index is 1.35. The van der Waals surface area contributed by atoms with Crippen molar-refractivity contribution in [2.45, 2.75) is 6.42 Å². The zero-order valence-electron chi connectivity index (χ0n) is 18.7. The van der Waals surface area contributed by atoms with E-state index in [9.17, 15) is 0 Å². The van der Waals surface area contributed by atoms with Crippen LogP contribution in [0.15, 0.2) is 59.0 Å². The summed E-state index contributed by atoms with van der Waals surface area (Å²) >= 11 is 0. The number of aryl methyl sites for hydroxylation is 1. The number of rotatable bonds is 5. The molecule has 0 unspecified atom stereocenters. The zero-order chi connectivity index (χ0) is 22.9. The fourth-order valence-electron chi connectivity index (χ4n) is 4.07. The monoisotopic (exact) mass is 453 g/mol. The van der Waals surface area contributed by atoms with E-state index in [0.717, 1.165) is 58.8 Å². The van der Waals surface area contributed by atoms with Crippen LogP contribution in [0.4, 0.5) is 17.5 Å². The van der Waals surface area contributed by atoms with Crippen LogP contribution in [0, 0.1) is 0 Å². The van der Waals surface area contributed by atoms with Gasteiger partial charge in [-0.1, -0.05) is 12.1 Å². The summed E-state index contributed by atoms with van der Waals surface area (Å²) in [5, 5.41) is 15.9. The Kier molecular flexibility index (Phi) is 5.19. The highest BCUT2D eigenvalue weighted by Crippen LogP contribution is 2.27. The predicted molar refractivity (Wildman–Crippen MR) is 132 cm³/mol. The fraction of sp³-hybridized carbons (Fsp3) is 0.250. The smallest absolute Gasteiger partial charge is 0.228 e. The lowest BCUT2D eigenvalue weighted by Gasteiger charge is -2.27. The molecule has 10 nitrogen and oxygen atoms in total. The van der Waals surface area contributed by atoms with Gasteiger partial charge in [0.05, 0.1) is 36.3 Å². The van der Waals surface area contributed by atoms with Crippen LogP contribution in [-0.2, 0) is 11.8 Å². The maximum Gasteiger partial charge on any atom is 0.228 e. The number of nitrogens with zero attached hydrogens (tertiary/aromatic N) is 8. The first kappa shape index (κ1) is 20.4. The molecule has 1 saturated heterocycles. The molecule has 1 aromatic carbocycles. The van der Waals surface area contributed by atoms with Crippen molar-refractivity contribution in [2.24, 2.45) is 17.3 Å². The third-order valence-electron chi connectivity index (χ3n) is 5.94. The molecule has 4 aromatic rings. The lowest BCUT2D eigenvalue weighted by atomic mass is 10.1. The van der Waals surface area contributed by atoms with Gasteiger partial charge in [-0.2, -0.15) is 20.3 Å². The van der Waals surface area contributed by atoms with Crippen LogP contribution < -0.4 is 10.2 Å². The third-order valence-corrected chi connectivity index (χ3v) is 5.94. The highest BCUT2D eigenvalue weighted by Gasteiger charge is 2.17. The average Bonchev–Trinajstić information content (AvgIpc) is 3.55. The molecule has 2 aliphatic rings. The SMILES string of the molecule is Cn1ncc2ncc(-c3cc(Nc4ccc(C5=NN=CC5)cc4)nc(N4CCOCC4)n3)cc21. The van der Waals surface area contributed by atoms with Gasteiger partial charge in [0.2, 0.25) is 5.95 Å². The van der Waals surface area contributed by atoms with Crippen molar-refractivity contribution in [3.8, 4) is 11.3 Å². The third kappa shape index (κ3) is 3.99. The number of aromatic nitrogens is 5. The van der Waals surface area contributed by atoms with Gasteiger partial charge in [0, 0.05) is 56.3 Å². The van der Waals surface area contributed by atoms with E-state index in [2.05, 4.69) is 36.6 Å². The van der Waals surface area contributed by atoms with Crippen LogP contribution in [0.1, 0.15) is 12.0 Å². The number of morpholine rings is 1. The largest absolute Gasteiger partial charge is 0.378 e. The molecule has 170 valence electrons. The number of ether oxygens (including phenoxy) is 1. The number of fused-ring (bicyclic) bond motifs is 1. The van der Waals surface area contributed by atoms with Gasteiger partial charge in [-0.15, -0.1) is 0 Å². The summed E-state index contributed by atoms with van der Waals surface area (Å²) in [6.07, 6.45) is 6.17. The van der Waals surface area contributed by atoms with Crippen LogP contribution >= 0.6 is 0 Å². The summed E-state index contributed by atoms with van der Waals surface area (Å²) in [7, 11) is 1.91. The zero-order valence-corrected chi connectivity index (χ0v) is 18.7. The van der Waals surface area contributed by atoms with Crippen LogP contribution in [0.25, 0.3) is 22.3 Å². The summed E-state index contributed by atoms with van der Waals surface area (Å²) in [6, 6.07) is 12.1. The van der Waals surface area contributed by atoms with Crippen molar-refractivity contribution in [3.05, 3.63) is 54.4 Å². The average molecular weight is 454 g/mol. The summed E-state index contributed by atoms with van der Waals surface area (Å²) in [6.45, 7) is 2.82. The molecular weight excluding hydrogens is 430 g/mol. The first-order chi connectivity index (χ1) is 16.7. The predicted octanol–water partition coefficient (Wildman–Crippen LogP) is 3.18. The van der Waals surface area contributed by atoms with Gasteiger partial charge in [-0.05, 0) is 23.8 Å². The molecule has 0 aliphatic carbocycles. The Hall–Kier alpha value is -4.18. The summed E-state index contributed by atoms with van der Waals surface area (Å²) < 4.78 is 7.33. The quantitative estimate of drug-likeness (QED) is 0.495. The minimum absolute atomic E-state index is 0.661. The standard InChI is InChI=1S/C24H23N9O/c1-32-22-12-17(14-25-21(22)15-27-32)20-13-23(30-24(29-20)33-8-10-34-11-9-33)28-18-4-2-16(3-5-18)19-6-7-26-31-19/h2-5,7,12-15H,6,8-11H2,1H3,(H,28,29,30). The molecule has 0 spiro atoms. The van der Waals surface area contributed by atoms with E-state index in [0.29, 0.717) is 25.0 Å². The second-order valence-electron chi connectivity index (χ2n) is 8.19. The minimum atomic E-state index is 0.661. The lowest BCUT2D eigenvalue weighted by molar-refractivity contribution is 0.122. The van der Waals surface area contributed by atoms with Gasteiger partial charge in [0.25, 0.3) is 0 Å². The maximum absolute atomic E-state index is 5.52. The topological polar surface area (TPSA) is 106 Å². The highest BCUT2D eigenvalue weighted by atomic mass is 16.5. The number of pyridine rings is 1. The molecule has 3 aromatic heterocycles. The van der Waals surface area contributed by atoms with Crippen molar-refractivity contribution in [1.82, 2.24) is 24.7 Å². The highest BCUT2D eigenvalue weighted by molar-refractivity contribution is 6.09. The Morgan fingerprint density at radius 1 is 0.971 bits per heavy atom. The van der Waals surface area contributed by atoms with E-state index in [4.69, 9.17) is 14.7 Å². The van der Waals surface area contributed by atoms with Gasteiger partial charge in [-0.25, -0.2) is 4.98 Å². The molecule has 5 heterocycles. The van der Waals surface area contributed by atoms with Crippen LogP contribution in [0.2, 0.25) is 0 Å². The molecule has 0 bridgehead atoms. The number of hydrogen-bond donors (Lipinski definition) is 1. The summed E-state index contributed by atoms with van der Waals surface area (Å²) in [5.41, 5.74) is 6.48. The number of nitrogens with one attached hydrogen (secondary N) is 1. The van der Waals surface area contributed by atoms with Gasteiger partial charge in [-0.3, -0.25) is 9.67 Å². The molecule has 1 fully saturated rings. The lowest BCUT2D eigenvalue weighted by Crippen LogP contribution is -2.37. The van der Waals surface area contributed by atoms with Crippen molar-refractivity contribution < 1.29 is 4.74 Å². The minimum Gasteiger partial charge on any atom is -0.378 e. The fourth-order valence-corrected chi connectivity index (χ4v) is 4.07. The van der Waals surface area contributed by atoms with Gasteiger partial charge < -0.3 is 15.0 Å². The number of anilines is 3. The molecule has 10 heteroatoms. The Morgan fingerprint density at radius 2 is 1.82 bits per heavy atom. The molecule has 0 saturated carbocycles. The number of benzene rings is 1. The normalized spacial score (nSPS) is 15.7. The van der Waals surface area contributed by atoms with Crippen molar-refractivity contribution >= 4 is 40.4 Å². The van der Waals surface area contributed by atoms with Crippen LogP contribution in [-0.4, -0.2) is 63.0 Å². The van der Waals surface area contributed by atoms with Gasteiger partial charge in [0.15, 0.2) is 0 Å². The van der Waals surface area contributed by atoms with E-state index < -0.39 is 0 Å². The molecule has 2 aliphatic heterocycles. The second kappa shape index (κ2) is 8.64. The molecule has 34 heavy (non-hydrogen) atoms. The van der Waals surface area contributed by atoms with E-state index in [-0.39, 0.29) is 0 Å². The van der Waals surface area contributed by atoms with Gasteiger partial charge in [0.1, 0.15) is 11.3 Å². The first-order valence-electron chi connectivity index (χ1n) is 11.2. The van der Waals surface area contributed by atoms with E-state index in [1.807, 2.05) is 54.5 Å². The summed E-state index contributed by atoms with van der Waals surface area (Å²) in [4.78, 5) is 16.4. The van der Waals surface area contributed by atoms with Crippen molar-refractivity contribution in [2.75, 3.05) is 36.5 Å². The molecule has 0 amide bonds. The molecule has 6 rings (SSSR count). The molecule has 0 atom stereocenters. The second-order valence-corrected chi connectivity index (χ2v) is 8.19. The van der Waals surface area contributed by atoms with E-state index in [1.165, 1.54) is 0 Å². The van der Waals surface area contributed by atoms with Gasteiger partial charge >= 0.3 is 0 Å². The Labute approximate surface area is 196 Å². The first-order valence-corrected chi connectivity index (χ1v) is 11.2. The molecule has 0 radical (unpaired) electrons. The van der Waals surface area contributed by atoms with E-state index >= 15 is 0 Å².